The van der Waals surface area contributed by atoms with Crippen LogP contribution in [0, 0.1) is 5.92 Å². The molecular weight excluding hydrogens is 270 g/mol. The van der Waals surface area contributed by atoms with Gasteiger partial charge in [-0.2, -0.15) is 9.40 Å². The Labute approximate surface area is 111 Å². The minimum Gasteiger partial charge on any atom is -0.550 e. The van der Waals surface area contributed by atoms with Crippen molar-refractivity contribution in [3.63, 3.8) is 0 Å². The fourth-order valence-corrected chi connectivity index (χ4v) is 3.63. The minimum atomic E-state index is -3.66. The summed E-state index contributed by atoms with van der Waals surface area (Å²) in [5, 5.41) is 14.8. The molecule has 1 aliphatic rings. The van der Waals surface area contributed by atoms with E-state index in [0.29, 0.717) is 25.9 Å². The summed E-state index contributed by atoms with van der Waals surface area (Å²) in [5.41, 5.74) is 0. The zero-order chi connectivity index (χ0) is 14.0. The third-order valence-corrected chi connectivity index (χ3v) is 5.11. The quantitative estimate of drug-likeness (QED) is 0.711. The number of rotatable bonds is 4. The van der Waals surface area contributed by atoms with E-state index in [1.54, 1.807) is 0 Å². The van der Waals surface area contributed by atoms with Gasteiger partial charge in [-0.25, -0.2) is 8.42 Å². The highest BCUT2D eigenvalue weighted by atomic mass is 32.2. The summed E-state index contributed by atoms with van der Waals surface area (Å²) in [6, 6.07) is 0. The molecule has 0 amide bonds. The minimum absolute atomic E-state index is 0.0258. The van der Waals surface area contributed by atoms with E-state index in [0.717, 1.165) is 0 Å². The third-order valence-electron chi connectivity index (χ3n) is 3.29. The van der Waals surface area contributed by atoms with Crippen molar-refractivity contribution in [2.24, 2.45) is 5.92 Å². The van der Waals surface area contributed by atoms with Crippen molar-refractivity contribution < 1.29 is 18.3 Å². The molecule has 2 heterocycles. The van der Waals surface area contributed by atoms with Crippen LogP contribution < -0.4 is 5.11 Å². The Hall–Kier alpha value is -1.41. The average molecular weight is 286 g/mol. The second-order valence-electron chi connectivity index (χ2n) is 4.55. The van der Waals surface area contributed by atoms with Crippen LogP contribution in [0.15, 0.2) is 17.3 Å². The monoisotopic (exact) mass is 286 g/mol. The summed E-state index contributed by atoms with van der Waals surface area (Å²) in [5.74, 6) is -1.92. The van der Waals surface area contributed by atoms with E-state index in [-0.39, 0.29) is 11.4 Å². The molecule has 1 aromatic rings. The van der Waals surface area contributed by atoms with E-state index in [1.165, 1.54) is 21.4 Å². The predicted molar refractivity (Wildman–Crippen MR) is 64.4 cm³/mol. The number of carbonyl (C=O) groups excluding carboxylic acids is 1. The number of sulfonamides is 1. The molecule has 19 heavy (non-hydrogen) atoms. The molecule has 0 aromatic carbocycles. The number of hydrogen-bond donors (Lipinski definition) is 0. The van der Waals surface area contributed by atoms with Crippen molar-refractivity contribution in [2.75, 3.05) is 13.1 Å². The lowest BCUT2D eigenvalue weighted by molar-refractivity contribution is -0.312. The second kappa shape index (κ2) is 5.30. The molecule has 1 aliphatic heterocycles. The lowest BCUT2D eigenvalue weighted by Crippen LogP contribution is -2.46. The van der Waals surface area contributed by atoms with Crippen molar-refractivity contribution >= 4 is 16.0 Å². The van der Waals surface area contributed by atoms with Gasteiger partial charge < -0.3 is 9.90 Å². The highest BCUT2D eigenvalue weighted by Gasteiger charge is 2.31. The van der Waals surface area contributed by atoms with Crippen molar-refractivity contribution in [2.45, 2.75) is 31.2 Å². The van der Waals surface area contributed by atoms with Gasteiger partial charge in [0.25, 0.3) is 0 Å². The molecule has 0 radical (unpaired) electrons. The molecule has 0 aliphatic carbocycles. The van der Waals surface area contributed by atoms with Gasteiger partial charge in [-0.1, -0.05) is 0 Å². The maximum absolute atomic E-state index is 12.3. The van der Waals surface area contributed by atoms with E-state index in [2.05, 4.69) is 5.10 Å². The second-order valence-corrected chi connectivity index (χ2v) is 6.49. The number of aliphatic carboxylic acids is 1. The first-order valence-electron chi connectivity index (χ1n) is 6.18. The number of carboxylic acid groups (broad SMARTS) is 1. The van der Waals surface area contributed by atoms with Gasteiger partial charge in [-0.15, -0.1) is 0 Å². The number of carbonyl (C=O) groups is 1. The summed E-state index contributed by atoms with van der Waals surface area (Å²) in [7, 11) is -3.66. The Balaban J connectivity index is 2.21. The molecule has 0 bridgehead atoms. The van der Waals surface area contributed by atoms with E-state index >= 15 is 0 Å². The molecule has 1 aromatic heterocycles. The van der Waals surface area contributed by atoms with Crippen molar-refractivity contribution in [1.82, 2.24) is 14.1 Å². The molecule has 1 saturated heterocycles. The Kier molecular flexibility index (Phi) is 3.91. The zero-order valence-electron chi connectivity index (χ0n) is 10.7. The Morgan fingerprint density at radius 2 is 2.32 bits per heavy atom. The number of nitrogens with zero attached hydrogens (tertiary/aromatic N) is 3. The standard InChI is InChI=1S/C11H17N3O4S/c1-2-13-8-10(6-12-13)19(17,18)14-5-3-4-9(7-14)11(15)16/h6,8-9H,2-5,7H2,1H3,(H,15,16)/p-1/t9-/m0/s1. The van der Waals surface area contributed by atoms with Crippen LogP contribution in [0.3, 0.4) is 0 Å². The summed E-state index contributed by atoms with van der Waals surface area (Å²) in [4.78, 5) is 11.0. The van der Waals surface area contributed by atoms with Crippen molar-refractivity contribution in [1.29, 1.82) is 0 Å². The van der Waals surface area contributed by atoms with Crippen LogP contribution in [0.5, 0.6) is 0 Å². The molecule has 0 spiro atoms. The Morgan fingerprint density at radius 1 is 1.58 bits per heavy atom. The van der Waals surface area contributed by atoms with Crippen LogP contribution in [-0.4, -0.2) is 41.6 Å². The number of piperidine rings is 1. The van der Waals surface area contributed by atoms with Gasteiger partial charge in [-0.3, -0.25) is 4.68 Å². The molecule has 1 atom stereocenters. The van der Waals surface area contributed by atoms with Gasteiger partial charge in [0.05, 0.1) is 6.20 Å². The van der Waals surface area contributed by atoms with E-state index in [4.69, 9.17) is 0 Å². The van der Waals surface area contributed by atoms with E-state index < -0.39 is 21.9 Å². The van der Waals surface area contributed by atoms with Gasteiger partial charge in [-0.05, 0) is 19.8 Å². The summed E-state index contributed by atoms with van der Waals surface area (Å²) < 4.78 is 27.4. The Morgan fingerprint density at radius 3 is 2.89 bits per heavy atom. The van der Waals surface area contributed by atoms with Gasteiger partial charge in [0.15, 0.2) is 0 Å². The maximum Gasteiger partial charge on any atom is 0.246 e. The van der Waals surface area contributed by atoms with Crippen LogP contribution in [0.2, 0.25) is 0 Å². The van der Waals surface area contributed by atoms with E-state index in [1.807, 2.05) is 6.92 Å². The van der Waals surface area contributed by atoms with Crippen LogP contribution in [-0.2, 0) is 21.4 Å². The largest absolute Gasteiger partial charge is 0.550 e. The molecule has 7 nitrogen and oxygen atoms in total. The van der Waals surface area contributed by atoms with Crippen molar-refractivity contribution in [3.8, 4) is 0 Å². The lowest BCUT2D eigenvalue weighted by Gasteiger charge is -2.31. The van der Waals surface area contributed by atoms with Gasteiger partial charge >= 0.3 is 0 Å². The zero-order valence-corrected chi connectivity index (χ0v) is 11.5. The first kappa shape index (κ1) is 14.0. The summed E-state index contributed by atoms with van der Waals surface area (Å²) in [6.45, 7) is 2.75. The average Bonchev–Trinajstić information content (AvgIpc) is 2.88. The van der Waals surface area contributed by atoms with Crippen LogP contribution in [0.1, 0.15) is 19.8 Å². The normalized spacial score (nSPS) is 21.4. The fraction of sp³-hybridized carbons (Fsp3) is 0.636. The van der Waals surface area contributed by atoms with Crippen molar-refractivity contribution in [3.05, 3.63) is 12.4 Å². The van der Waals surface area contributed by atoms with Gasteiger partial charge in [0.2, 0.25) is 10.0 Å². The molecule has 0 N–H and O–H groups in total. The van der Waals surface area contributed by atoms with Gasteiger partial charge in [0.1, 0.15) is 4.90 Å². The first-order chi connectivity index (χ1) is 8.95. The van der Waals surface area contributed by atoms with E-state index in [9.17, 15) is 18.3 Å². The maximum atomic E-state index is 12.3. The molecule has 2 rings (SSSR count). The highest BCUT2D eigenvalue weighted by Crippen LogP contribution is 2.23. The molecule has 1 fully saturated rings. The molecule has 106 valence electrons. The molecular formula is C11H16N3O4S-. The molecule has 0 saturated carbocycles. The topological polar surface area (TPSA) is 95.3 Å². The van der Waals surface area contributed by atoms with Crippen LogP contribution >= 0.6 is 0 Å². The number of carboxylic acids is 1. The smallest absolute Gasteiger partial charge is 0.246 e. The predicted octanol–water partition coefficient (Wildman–Crippen LogP) is -0.946. The first-order valence-corrected chi connectivity index (χ1v) is 7.62. The lowest BCUT2D eigenvalue weighted by atomic mass is 10.0. The van der Waals surface area contributed by atoms with Crippen LogP contribution in [0.4, 0.5) is 0 Å². The highest BCUT2D eigenvalue weighted by molar-refractivity contribution is 7.89. The Bertz CT molecular complexity index is 566. The number of hydrogen-bond acceptors (Lipinski definition) is 5. The van der Waals surface area contributed by atoms with Crippen LogP contribution in [0.25, 0.3) is 0 Å². The fourth-order valence-electron chi connectivity index (χ4n) is 2.15. The molecule has 0 unspecified atom stereocenters. The summed E-state index contributed by atoms with van der Waals surface area (Å²) >= 11 is 0. The third kappa shape index (κ3) is 2.79. The SMILES string of the molecule is CCn1cc(S(=O)(=O)N2CCC[C@H](C(=O)[O-])C2)cn1. The summed E-state index contributed by atoms with van der Waals surface area (Å²) in [6.07, 6.45) is 3.74. The molecule has 8 heteroatoms. The van der Waals surface area contributed by atoms with Gasteiger partial charge in [0, 0.05) is 37.7 Å². The number of aromatic nitrogens is 2. The number of aryl methyl sites for hydroxylation is 1.